The Bertz CT molecular complexity index is 381. The van der Waals surface area contributed by atoms with Crippen molar-refractivity contribution in [3.63, 3.8) is 0 Å². The van der Waals surface area contributed by atoms with Crippen LogP contribution in [0.1, 0.15) is 5.56 Å². The van der Waals surface area contributed by atoms with Gasteiger partial charge in [-0.3, -0.25) is 0 Å². The number of rotatable bonds is 1. The highest BCUT2D eigenvalue weighted by atomic mass is 16.8. The van der Waals surface area contributed by atoms with Crippen LogP contribution in [-0.4, -0.2) is 29.9 Å². The lowest BCUT2D eigenvalue weighted by Gasteiger charge is -2.28. The van der Waals surface area contributed by atoms with Crippen molar-refractivity contribution in [2.75, 3.05) is 13.7 Å². The van der Waals surface area contributed by atoms with Gasteiger partial charge in [0.05, 0.1) is 17.7 Å². The summed E-state index contributed by atoms with van der Waals surface area (Å²) in [5.74, 6) is 6.18. The molecular formula is C10H15N2O3+. The highest BCUT2D eigenvalue weighted by molar-refractivity contribution is 5.50. The highest BCUT2D eigenvalue weighted by Crippen LogP contribution is 2.39. The van der Waals surface area contributed by atoms with Gasteiger partial charge in [0, 0.05) is 6.42 Å². The highest BCUT2D eigenvalue weighted by Gasteiger charge is 2.29. The topological polar surface area (TPSA) is 81.2 Å². The second-order valence-electron chi connectivity index (χ2n) is 3.73. The van der Waals surface area contributed by atoms with Gasteiger partial charge in [0.2, 0.25) is 6.61 Å². The Balaban J connectivity index is 2.41. The Hall–Kier alpha value is -1.46. The van der Waals surface area contributed by atoms with Gasteiger partial charge >= 0.3 is 0 Å². The first kappa shape index (κ1) is 10.1. The van der Waals surface area contributed by atoms with Gasteiger partial charge in [0.25, 0.3) is 5.75 Å². The molecule has 5 N–H and O–H groups in total. The fourth-order valence-corrected chi connectivity index (χ4v) is 1.82. The van der Waals surface area contributed by atoms with E-state index in [4.69, 9.17) is 5.90 Å². The van der Waals surface area contributed by atoms with Gasteiger partial charge in [0.1, 0.15) is 0 Å². The summed E-state index contributed by atoms with van der Waals surface area (Å²) in [6, 6.07) is 3.24. The third-order valence-electron chi connectivity index (χ3n) is 2.70. The molecule has 1 aromatic carbocycles. The smallest absolute Gasteiger partial charge is 0.288 e. The van der Waals surface area contributed by atoms with Gasteiger partial charge in [0.15, 0.2) is 11.5 Å². The maximum absolute atomic E-state index is 9.38. The predicted molar refractivity (Wildman–Crippen MR) is 55.9 cm³/mol. The molecule has 5 heteroatoms. The van der Waals surface area contributed by atoms with Crippen molar-refractivity contribution in [3.8, 4) is 17.2 Å². The van der Waals surface area contributed by atoms with Gasteiger partial charge in [-0.25, -0.2) is 0 Å². The molecule has 1 heterocycles. The average Bonchev–Trinajstić information content (AvgIpc) is 2.21. The van der Waals surface area contributed by atoms with Crippen molar-refractivity contribution in [2.24, 2.45) is 5.90 Å². The fourth-order valence-electron chi connectivity index (χ4n) is 1.82. The average molecular weight is 211 g/mol. The number of hydrogen-bond acceptors (Lipinski definition) is 4. The van der Waals surface area contributed by atoms with E-state index < -0.39 is 0 Å². The zero-order chi connectivity index (χ0) is 11.0. The molecule has 0 saturated carbocycles. The molecule has 1 aromatic rings. The number of benzene rings is 1. The van der Waals surface area contributed by atoms with Crippen LogP contribution in [0, 0.1) is 0 Å². The Morgan fingerprint density at radius 2 is 2.07 bits per heavy atom. The maximum atomic E-state index is 9.38. The predicted octanol–water partition coefficient (Wildman–Crippen LogP) is 0.381. The molecule has 1 unspecified atom stereocenters. The molecule has 0 amide bonds. The van der Waals surface area contributed by atoms with Crippen LogP contribution in [0.5, 0.6) is 17.2 Å². The number of aromatic hydroxyl groups is 2. The Labute approximate surface area is 87.8 Å². The van der Waals surface area contributed by atoms with Crippen LogP contribution in [0.2, 0.25) is 0 Å². The number of nitrogens with one attached hydrogen (secondary N) is 1. The van der Waals surface area contributed by atoms with E-state index in [-0.39, 0.29) is 17.5 Å². The first-order chi connectivity index (χ1) is 7.11. The van der Waals surface area contributed by atoms with E-state index in [1.807, 2.05) is 7.05 Å². The molecule has 0 bridgehead atoms. The van der Waals surface area contributed by atoms with E-state index in [9.17, 15) is 10.2 Å². The van der Waals surface area contributed by atoms with Crippen LogP contribution in [0.4, 0.5) is 0 Å². The van der Waals surface area contributed by atoms with Crippen molar-refractivity contribution < 1.29 is 14.7 Å². The molecule has 0 aliphatic carbocycles. The minimum atomic E-state index is -0.153. The summed E-state index contributed by atoms with van der Waals surface area (Å²) < 4.78 is 2.41. The van der Waals surface area contributed by atoms with Crippen molar-refractivity contribution >= 4 is 0 Å². The third kappa shape index (κ3) is 1.71. The van der Waals surface area contributed by atoms with Gasteiger partial charge in [-0.05, 0) is 13.1 Å². The summed E-state index contributed by atoms with van der Waals surface area (Å²) in [6.45, 7) is 0.605. The second kappa shape index (κ2) is 3.60. The summed E-state index contributed by atoms with van der Waals surface area (Å²) in [4.78, 5) is 0. The maximum Gasteiger partial charge on any atom is 0.288 e. The quantitative estimate of drug-likeness (QED) is 0.400. The van der Waals surface area contributed by atoms with Gasteiger partial charge in [-0.15, -0.1) is 0 Å². The van der Waals surface area contributed by atoms with Crippen LogP contribution in [0.3, 0.4) is 0 Å². The summed E-state index contributed by atoms with van der Waals surface area (Å²) in [5.41, 5.74) is 0.906. The van der Waals surface area contributed by atoms with Crippen molar-refractivity contribution in [3.05, 3.63) is 17.7 Å². The van der Waals surface area contributed by atoms with E-state index in [1.54, 1.807) is 6.07 Å². The lowest BCUT2D eigenvalue weighted by molar-refractivity contribution is -0.0791. The number of fused-ring (bicyclic) bond motifs is 1. The largest absolute Gasteiger partial charge is 0.504 e. The standard InChI is InChI=1S/C10H14N2O3/c1-12-7-2-6-3-8(13)9(14)4-10(6)15(11)5-7/h3-4,7,12H,2,5,11H2,1H3,(H-,13,14)/p+1. The normalized spacial score (nSPS) is 20.1. The van der Waals surface area contributed by atoms with Gasteiger partial charge in [-0.2, -0.15) is 0 Å². The van der Waals surface area contributed by atoms with Crippen LogP contribution in [0.25, 0.3) is 0 Å². The zero-order valence-corrected chi connectivity index (χ0v) is 8.53. The Morgan fingerprint density at radius 3 is 2.73 bits per heavy atom. The Kier molecular flexibility index (Phi) is 2.42. The molecule has 15 heavy (non-hydrogen) atoms. The molecule has 0 saturated heterocycles. The van der Waals surface area contributed by atoms with Gasteiger partial charge in [-0.1, -0.05) is 5.90 Å². The van der Waals surface area contributed by atoms with E-state index in [0.717, 1.165) is 12.0 Å². The first-order valence-electron chi connectivity index (χ1n) is 4.79. The molecule has 2 rings (SSSR count). The van der Waals surface area contributed by atoms with E-state index in [1.165, 1.54) is 6.07 Å². The van der Waals surface area contributed by atoms with Crippen LogP contribution in [-0.2, 0) is 10.9 Å². The van der Waals surface area contributed by atoms with Gasteiger partial charge < -0.3 is 20.0 Å². The minimum absolute atomic E-state index is 0.112. The zero-order valence-electron chi connectivity index (χ0n) is 8.53. The number of nitrogens with two attached hydrogens (primary N) is 1. The molecule has 0 radical (unpaired) electrons. The summed E-state index contributed by atoms with van der Waals surface area (Å²) >= 11 is 0. The summed E-state index contributed by atoms with van der Waals surface area (Å²) in [5, 5.41) is 21.9. The van der Waals surface area contributed by atoms with Crippen molar-refractivity contribution in [1.82, 2.24) is 5.32 Å². The van der Waals surface area contributed by atoms with E-state index in [0.29, 0.717) is 12.4 Å². The lowest BCUT2D eigenvalue weighted by Crippen LogP contribution is -2.40. The molecule has 1 aliphatic rings. The third-order valence-corrected chi connectivity index (χ3v) is 2.70. The number of phenols is 2. The minimum Gasteiger partial charge on any atom is -0.504 e. The monoisotopic (exact) mass is 211 g/mol. The molecule has 5 nitrogen and oxygen atoms in total. The number of hydrogen-bond donors (Lipinski definition) is 4. The lowest BCUT2D eigenvalue weighted by atomic mass is 10.0. The number of phenolic OH excluding ortho intramolecular Hbond substituents is 2. The van der Waals surface area contributed by atoms with Crippen LogP contribution < -0.4 is 11.2 Å². The van der Waals surface area contributed by atoms with Crippen molar-refractivity contribution in [1.29, 1.82) is 0 Å². The summed E-state index contributed by atoms with van der Waals surface area (Å²) in [7, 11) is 1.87. The molecule has 0 spiro atoms. The van der Waals surface area contributed by atoms with E-state index >= 15 is 0 Å². The van der Waals surface area contributed by atoms with Crippen molar-refractivity contribution in [2.45, 2.75) is 12.5 Å². The second-order valence-corrected chi connectivity index (χ2v) is 3.73. The molecule has 1 atom stereocenters. The molecule has 1 aliphatic heterocycles. The fraction of sp³-hybridized carbons (Fsp3) is 0.400. The molecule has 0 aromatic heterocycles. The van der Waals surface area contributed by atoms with E-state index in [2.05, 4.69) is 9.78 Å². The Morgan fingerprint density at radius 1 is 1.40 bits per heavy atom. The summed E-state index contributed by atoms with van der Waals surface area (Å²) in [6.07, 6.45) is 0.778. The van der Waals surface area contributed by atoms with Crippen LogP contribution in [0.15, 0.2) is 12.1 Å². The SMILES string of the molecule is CNC1Cc2cc(O)c(O)cc2[O+](N)C1. The molecule has 82 valence electrons. The molecule has 0 fully saturated rings. The molecular weight excluding hydrogens is 196 g/mol. The first-order valence-corrected chi connectivity index (χ1v) is 4.79. The number of likely N-dealkylation sites (N-methyl/N-ethyl adjacent to an activating group) is 1. The van der Waals surface area contributed by atoms with Crippen LogP contribution >= 0.6 is 0 Å².